The van der Waals surface area contributed by atoms with Crippen molar-refractivity contribution in [2.45, 2.75) is 71.6 Å². The lowest BCUT2D eigenvalue weighted by molar-refractivity contribution is -0.147. The summed E-state index contributed by atoms with van der Waals surface area (Å²) in [4.78, 5) is 38.3. The molecule has 9 nitrogen and oxygen atoms in total. The summed E-state index contributed by atoms with van der Waals surface area (Å²) in [5, 5.41) is 2.69. The first-order valence-corrected chi connectivity index (χ1v) is 11.1. The highest BCUT2D eigenvalue weighted by Gasteiger charge is 2.39. The number of hydrogen-bond acceptors (Lipinski definition) is 7. The smallest absolute Gasteiger partial charge is 0.411 e. The van der Waals surface area contributed by atoms with Crippen LogP contribution in [0.4, 0.5) is 9.59 Å². The molecule has 0 aromatic heterocycles. The number of amides is 2. The van der Waals surface area contributed by atoms with Gasteiger partial charge in [0.25, 0.3) is 0 Å². The van der Waals surface area contributed by atoms with E-state index in [-0.39, 0.29) is 0 Å². The second-order valence-electron chi connectivity index (χ2n) is 9.84. The van der Waals surface area contributed by atoms with E-state index in [2.05, 4.69) is 5.32 Å². The molecule has 1 heterocycles. The number of ether oxygens (including phenoxy) is 4. The van der Waals surface area contributed by atoms with Crippen molar-refractivity contribution in [1.29, 1.82) is 0 Å². The van der Waals surface area contributed by atoms with E-state index < -0.39 is 35.4 Å². The molecule has 33 heavy (non-hydrogen) atoms. The van der Waals surface area contributed by atoms with Gasteiger partial charge in [-0.05, 0) is 77.6 Å². The van der Waals surface area contributed by atoms with Gasteiger partial charge in [-0.3, -0.25) is 4.90 Å². The van der Waals surface area contributed by atoms with E-state index in [9.17, 15) is 14.4 Å². The van der Waals surface area contributed by atoms with Crippen molar-refractivity contribution < 1.29 is 33.3 Å². The molecule has 1 aromatic carbocycles. The van der Waals surface area contributed by atoms with Crippen molar-refractivity contribution in [2.75, 3.05) is 26.8 Å². The maximum atomic E-state index is 12.7. The van der Waals surface area contributed by atoms with Crippen LogP contribution in [0.5, 0.6) is 5.75 Å². The van der Waals surface area contributed by atoms with Crippen molar-refractivity contribution in [3.05, 3.63) is 29.3 Å². The first kappa shape index (κ1) is 26.3. The molecule has 1 N–H and O–H groups in total. The number of alkyl carbamates (subject to hydrolysis) is 1. The maximum absolute atomic E-state index is 12.7. The summed E-state index contributed by atoms with van der Waals surface area (Å²) >= 11 is 0. The van der Waals surface area contributed by atoms with Gasteiger partial charge in [0.05, 0.1) is 13.7 Å². The van der Waals surface area contributed by atoms with Gasteiger partial charge in [-0.1, -0.05) is 6.07 Å². The van der Waals surface area contributed by atoms with E-state index in [1.807, 2.05) is 26.8 Å². The van der Waals surface area contributed by atoms with Gasteiger partial charge in [0.1, 0.15) is 17.0 Å². The van der Waals surface area contributed by atoms with Crippen LogP contribution < -0.4 is 10.1 Å². The lowest BCUT2D eigenvalue weighted by Crippen LogP contribution is -2.46. The van der Waals surface area contributed by atoms with Crippen molar-refractivity contribution >= 4 is 18.2 Å². The Kier molecular flexibility index (Phi) is 8.57. The fourth-order valence-electron chi connectivity index (χ4n) is 3.34. The van der Waals surface area contributed by atoms with E-state index >= 15 is 0 Å². The molecule has 0 saturated carbocycles. The Labute approximate surface area is 195 Å². The zero-order valence-electron chi connectivity index (χ0n) is 20.6. The number of fused-ring (bicyclic) bond motifs is 1. The molecule has 0 bridgehead atoms. The highest BCUT2D eigenvalue weighted by Crippen LogP contribution is 2.34. The van der Waals surface area contributed by atoms with E-state index in [1.54, 1.807) is 32.9 Å². The topological polar surface area (TPSA) is 103 Å². The first-order valence-electron chi connectivity index (χ1n) is 11.1. The molecule has 1 aliphatic rings. The van der Waals surface area contributed by atoms with Gasteiger partial charge in [0.2, 0.25) is 0 Å². The molecule has 0 fully saturated rings. The third kappa shape index (κ3) is 8.14. The van der Waals surface area contributed by atoms with Crippen LogP contribution in [0.15, 0.2) is 18.2 Å². The number of esters is 1. The van der Waals surface area contributed by atoms with Gasteiger partial charge in [0.15, 0.2) is 6.04 Å². The summed E-state index contributed by atoms with van der Waals surface area (Å²) in [6.07, 6.45) is 0.147. The van der Waals surface area contributed by atoms with E-state index in [0.29, 0.717) is 43.9 Å². The highest BCUT2D eigenvalue weighted by atomic mass is 16.6. The minimum Gasteiger partial charge on any atom is -0.494 e. The van der Waals surface area contributed by atoms with Crippen molar-refractivity contribution in [1.82, 2.24) is 10.2 Å². The predicted octanol–water partition coefficient (Wildman–Crippen LogP) is 3.99. The molecule has 1 aromatic rings. The Balaban J connectivity index is 1.99. The lowest BCUT2D eigenvalue weighted by Gasteiger charge is -2.36. The Morgan fingerprint density at radius 3 is 2.33 bits per heavy atom. The molecule has 0 radical (unpaired) electrons. The summed E-state index contributed by atoms with van der Waals surface area (Å²) in [5.74, 6) is 0.129. The molecule has 2 amide bonds. The summed E-state index contributed by atoms with van der Waals surface area (Å²) in [6, 6.07) is 4.54. The van der Waals surface area contributed by atoms with Crippen LogP contribution in [0, 0.1) is 0 Å². The van der Waals surface area contributed by atoms with E-state index in [4.69, 9.17) is 18.9 Å². The fourth-order valence-corrected chi connectivity index (χ4v) is 3.34. The molecule has 0 aliphatic carbocycles. The molecule has 9 heteroatoms. The monoisotopic (exact) mass is 464 g/mol. The van der Waals surface area contributed by atoms with Crippen molar-refractivity contribution in [2.24, 2.45) is 0 Å². The number of methoxy groups -OCH3 is 1. The largest absolute Gasteiger partial charge is 0.494 e. The summed E-state index contributed by atoms with van der Waals surface area (Å²) < 4.78 is 21.4. The summed E-state index contributed by atoms with van der Waals surface area (Å²) in [5.41, 5.74) is 0.395. The van der Waals surface area contributed by atoms with Crippen LogP contribution in [-0.4, -0.2) is 61.1 Å². The van der Waals surface area contributed by atoms with Gasteiger partial charge in [-0.25, -0.2) is 14.4 Å². The zero-order chi connectivity index (χ0) is 24.8. The van der Waals surface area contributed by atoms with E-state index in [1.165, 1.54) is 12.0 Å². The number of carbonyl (C=O) groups is 3. The quantitative estimate of drug-likeness (QED) is 0.386. The SMILES string of the molecule is COC(=O)[C@H]1c2ccc(OCCCNC(=O)OC(C)(C)C)cc2CCN1C(=O)OC(C)(C)C. The van der Waals surface area contributed by atoms with Gasteiger partial charge < -0.3 is 24.3 Å². The average Bonchev–Trinajstić information content (AvgIpc) is 2.69. The van der Waals surface area contributed by atoms with Crippen LogP contribution in [0.1, 0.15) is 65.1 Å². The first-order chi connectivity index (χ1) is 15.3. The highest BCUT2D eigenvalue weighted by molar-refractivity contribution is 5.84. The number of nitrogens with zero attached hydrogens (tertiary/aromatic N) is 1. The van der Waals surface area contributed by atoms with Crippen molar-refractivity contribution in [3.8, 4) is 5.75 Å². The fraction of sp³-hybridized carbons (Fsp3) is 0.625. The van der Waals surface area contributed by atoms with Crippen LogP contribution in [0.3, 0.4) is 0 Å². The summed E-state index contributed by atoms with van der Waals surface area (Å²) in [7, 11) is 1.30. The predicted molar refractivity (Wildman–Crippen MR) is 122 cm³/mol. The number of carbonyl (C=O) groups excluding carboxylic acids is 3. The molecule has 0 spiro atoms. The van der Waals surface area contributed by atoms with Crippen LogP contribution >= 0.6 is 0 Å². The molecule has 184 valence electrons. The Hall–Kier alpha value is -2.97. The number of benzene rings is 1. The maximum Gasteiger partial charge on any atom is 0.411 e. The van der Waals surface area contributed by atoms with Gasteiger partial charge >= 0.3 is 18.2 Å². The van der Waals surface area contributed by atoms with Gasteiger partial charge in [0, 0.05) is 13.1 Å². The molecule has 0 unspecified atom stereocenters. The molecular weight excluding hydrogens is 428 g/mol. The Morgan fingerprint density at radius 1 is 1.06 bits per heavy atom. The standard InChI is InChI=1S/C24H36N2O7/c1-23(2,3)32-21(28)25-12-8-14-31-17-9-10-18-16(15-17)11-13-26(19(18)20(27)30-7)22(29)33-24(4,5)6/h9-10,15,19H,8,11-14H2,1-7H3,(H,25,28)/t19-/m1/s1. The Morgan fingerprint density at radius 2 is 1.73 bits per heavy atom. The number of nitrogens with one attached hydrogen (secondary N) is 1. The van der Waals surface area contributed by atoms with E-state index in [0.717, 1.165) is 5.56 Å². The van der Waals surface area contributed by atoms with Gasteiger partial charge in [-0.15, -0.1) is 0 Å². The molecular formula is C24H36N2O7. The Bertz CT molecular complexity index is 855. The number of rotatable bonds is 6. The van der Waals surface area contributed by atoms with Gasteiger partial charge in [-0.2, -0.15) is 0 Å². The minimum atomic E-state index is -0.874. The zero-order valence-corrected chi connectivity index (χ0v) is 20.6. The second kappa shape index (κ2) is 10.8. The average molecular weight is 465 g/mol. The summed E-state index contributed by atoms with van der Waals surface area (Å²) in [6.45, 7) is 11.9. The molecule has 0 saturated heterocycles. The molecule has 1 aliphatic heterocycles. The van der Waals surface area contributed by atoms with Crippen LogP contribution in [-0.2, 0) is 25.4 Å². The normalized spacial score (nSPS) is 15.8. The molecule has 1 atom stereocenters. The second-order valence-corrected chi connectivity index (χ2v) is 9.84. The van der Waals surface area contributed by atoms with Crippen LogP contribution in [0.2, 0.25) is 0 Å². The van der Waals surface area contributed by atoms with Crippen molar-refractivity contribution in [3.63, 3.8) is 0 Å². The third-order valence-corrected chi connectivity index (χ3v) is 4.65. The van der Waals surface area contributed by atoms with Crippen LogP contribution in [0.25, 0.3) is 0 Å². The third-order valence-electron chi connectivity index (χ3n) is 4.65. The lowest BCUT2D eigenvalue weighted by atomic mass is 9.92. The minimum absolute atomic E-state index is 0.324. The molecule has 2 rings (SSSR count). The number of hydrogen-bond donors (Lipinski definition) is 1.